The van der Waals surface area contributed by atoms with Gasteiger partial charge in [0.05, 0.1) is 11.6 Å². The Hall–Kier alpha value is -2.24. The number of rotatable bonds is 4. The topological polar surface area (TPSA) is 87.7 Å². The third-order valence-corrected chi connectivity index (χ3v) is 3.42. The largest absolute Gasteiger partial charge is 0.482 e. The van der Waals surface area contributed by atoms with Crippen molar-refractivity contribution < 1.29 is 19.4 Å². The second-order valence-corrected chi connectivity index (χ2v) is 4.87. The Morgan fingerprint density at radius 3 is 3.11 bits per heavy atom. The Labute approximate surface area is 109 Å². The Balaban J connectivity index is 1.62. The molecule has 1 fully saturated rings. The van der Waals surface area contributed by atoms with Crippen molar-refractivity contribution in [2.75, 3.05) is 23.8 Å². The number of hydrogen-bond acceptors (Lipinski definition) is 4. The van der Waals surface area contributed by atoms with Crippen LogP contribution in [0.4, 0.5) is 11.4 Å². The van der Waals surface area contributed by atoms with Crippen LogP contribution in [0, 0.1) is 11.8 Å². The molecular weight excluding hydrogens is 248 g/mol. The van der Waals surface area contributed by atoms with Gasteiger partial charge in [-0.3, -0.25) is 9.59 Å². The first kappa shape index (κ1) is 11.8. The first-order valence-corrected chi connectivity index (χ1v) is 6.17. The molecule has 2 atom stereocenters. The van der Waals surface area contributed by atoms with E-state index in [0.29, 0.717) is 18.0 Å². The Morgan fingerprint density at radius 2 is 2.37 bits per heavy atom. The molecule has 6 heteroatoms. The van der Waals surface area contributed by atoms with Crippen LogP contribution in [0.25, 0.3) is 0 Å². The van der Waals surface area contributed by atoms with E-state index in [4.69, 9.17) is 9.84 Å². The number of aliphatic carboxylic acids is 1. The molecule has 0 spiro atoms. The SMILES string of the molecule is O=C1COc2ccc(NCC3CC3C(=O)O)cc2N1. The number of amides is 1. The third-order valence-electron chi connectivity index (χ3n) is 3.42. The van der Waals surface area contributed by atoms with E-state index in [9.17, 15) is 9.59 Å². The zero-order chi connectivity index (χ0) is 13.4. The van der Waals surface area contributed by atoms with E-state index in [1.165, 1.54) is 0 Å². The van der Waals surface area contributed by atoms with Crippen molar-refractivity contribution in [3.05, 3.63) is 18.2 Å². The van der Waals surface area contributed by atoms with Crippen molar-refractivity contribution in [3.63, 3.8) is 0 Å². The number of ether oxygens (including phenoxy) is 1. The molecule has 0 radical (unpaired) electrons. The Morgan fingerprint density at radius 1 is 1.53 bits per heavy atom. The van der Waals surface area contributed by atoms with Gasteiger partial charge in [-0.05, 0) is 30.5 Å². The summed E-state index contributed by atoms with van der Waals surface area (Å²) in [6, 6.07) is 5.44. The molecule has 1 heterocycles. The highest BCUT2D eigenvalue weighted by atomic mass is 16.5. The minimum atomic E-state index is -0.724. The lowest BCUT2D eigenvalue weighted by atomic mass is 10.2. The number of carboxylic acid groups (broad SMARTS) is 1. The van der Waals surface area contributed by atoms with Crippen LogP contribution in [0.1, 0.15) is 6.42 Å². The molecule has 6 nitrogen and oxygen atoms in total. The van der Waals surface area contributed by atoms with Crippen LogP contribution in [-0.4, -0.2) is 30.1 Å². The number of benzene rings is 1. The highest BCUT2D eigenvalue weighted by molar-refractivity contribution is 5.96. The number of anilines is 2. The molecule has 100 valence electrons. The molecule has 1 aliphatic heterocycles. The minimum absolute atomic E-state index is 0.0438. The standard InChI is InChI=1S/C13H14N2O4/c16-12-6-19-11-2-1-8(4-10(11)15-12)14-5-7-3-9(7)13(17)18/h1-2,4,7,9,14H,3,5-6H2,(H,15,16)(H,17,18). The van der Waals surface area contributed by atoms with Gasteiger partial charge in [0.1, 0.15) is 5.75 Å². The van der Waals surface area contributed by atoms with Gasteiger partial charge in [-0.25, -0.2) is 0 Å². The van der Waals surface area contributed by atoms with Gasteiger partial charge in [0.25, 0.3) is 5.91 Å². The Bertz CT molecular complexity index is 543. The van der Waals surface area contributed by atoms with Gasteiger partial charge < -0.3 is 20.5 Å². The van der Waals surface area contributed by atoms with Crippen LogP contribution < -0.4 is 15.4 Å². The fourth-order valence-corrected chi connectivity index (χ4v) is 2.22. The predicted molar refractivity (Wildman–Crippen MR) is 68.3 cm³/mol. The first-order chi connectivity index (χ1) is 9.13. The highest BCUT2D eigenvalue weighted by Crippen LogP contribution is 2.39. The van der Waals surface area contributed by atoms with Gasteiger partial charge in [0, 0.05) is 12.2 Å². The molecule has 1 aromatic carbocycles. The summed E-state index contributed by atoms with van der Waals surface area (Å²) in [4.78, 5) is 21.9. The number of carbonyl (C=O) groups excluding carboxylic acids is 1. The molecule has 19 heavy (non-hydrogen) atoms. The van der Waals surface area contributed by atoms with Gasteiger partial charge in [-0.2, -0.15) is 0 Å². The highest BCUT2D eigenvalue weighted by Gasteiger charge is 2.42. The lowest BCUT2D eigenvalue weighted by Crippen LogP contribution is -2.25. The molecule has 1 saturated carbocycles. The molecule has 0 bridgehead atoms. The number of hydrogen-bond donors (Lipinski definition) is 3. The van der Waals surface area contributed by atoms with E-state index in [0.717, 1.165) is 12.1 Å². The van der Waals surface area contributed by atoms with Crippen molar-refractivity contribution >= 4 is 23.3 Å². The molecule has 0 aromatic heterocycles. The van der Waals surface area contributed by atoms with E-state index in [2.05, 4.69) is 10.6 Å². The molecule has 2 unspecified atom stereocenters. The number of carboxylic acids is 1. The fourth-order valence-electron chi connectivity index (χ4n) is 2.22. The van der Waals surface area contributed by atoms with Crippen molar-refractivity contribution in [3.8, 4) is 5.75 Å². The lowest BCUT2D eigenvalue weighted by molar-refractivity contribution is -0.138. The quantitative estimate of drug-likeness (QED) is 0.757. The van der Waals surface area contributed by atoms with Gasteiger partial charge in [0.2, 0.25) is 0 Å². The summed E-state index contributed by atoms with van der Waals surface area (Å²) in [6.07, 6.45) is 0.729. The fraction of sp³-hybridized carbons (Fsp3) is 0.385. The number of nitrogens with one attached hydrogen (secondary N) is 2. The number of carbonyl (C=O) groups is 2. The number of fused-ring (bicyclic) bond motifs is 1. The first-order valence-electron chi connectivity index (χ1n) is 6.17. The smallest absolute Gasteiger partial charge is 0.306 e. The summed E-state index contributed by atoms with van der Waals surface area (Å²) in [5, 5.41) is 14.7. The van der Waals surface area contributed by atoms with Crippen LogP contribution in [0.15, 0.2) is 18.2 Å². The summed E-state index contributed by atoms with van der Waals surface area (Å²) < 4.78 is 5.26. The molecular formula is C13H14N2O4. The van der Waals surface area contributed by atoms with E-state index in [1.54, 1.807) is 12.1 Å². The summed E-state index contributed by atoms with van der Waals surface area (Å²) in [5.41, 5.74) is 1.49. The lowest BCUT2D eigenvalue weighted by Gasteiger charge is -2.18. The molecule has 3 rings (SSSR count). The predicted octanol–water partition coefficient (Wildman–Crippen LogP) is 1.15. The average molecular weight is 262 g/mol. The molecule has 2 aliphatic rings. The van der Waals surface area contributed by atoms with E-state index < -0.39 is 5.97 Å². The summed E-state index contributed by atoms with van der Waals surface area (Å²) in [7, 11) is 0. The van der Waals surface area contributed by atoms with Gasteiger partial charge in [-0.15, -0.1) is 0 Å². The maximum absolute atomic E-state index is 11.2. The summed E-state index contributed by atoms with van der Waals surface area (Å²) in [5.74, 6) is -0.261. The second kappa shape index (κ2) is 4.46. The van der Waals surface area contributed by atoms with Gasteiger partial charge in [0.15, 0.2) is 6.61 Å². The molecule has 1 aliphatic carbocycles. The normalized spacial score (nSPS) is 23.9. The van der Waals surface area contributed by atoms with Gasteiger partial charge in [-0.1, -0.05) is 0 Å². The molecule has 1 amide bonds. The van der Waals surface area contributed by atoms with Gasteiger partial charge >= 0.3 is 5.97 Å². The zero-order valence-corrected chi connectivity index (χ0v) is 10.2. The van der Waals surface area contributed by atoms with Crippen molar-refractivity contribution in [2.24, 2.45) is 11.8 Å². The average Bonchev–Trinajstić information content (AvgIpc) is 3.15. The van der Waals surface area contributed by atoms with Crippen LogP contribution in [0.5, 0.6) is 5.75 Å². The van der Waals surface area contributed by atoms with E-state index in [-0.39, 0.29) is 24.3 Å². The molecule has 3 N–H and O–H groups in total. The van der Waals surface area contributed by atoms with Crippen molar-refractivity contribution in [2.45, 2.75) is 6.42 Å². The van der Waals surface area contributed by atoms with Crippen LogP contribution >= 0.6 is 0 Å². The summed E-state index contributed by atoms with van der Waals surface area (Å²) >= 11 is 0. The maximum atomic E-state index is 11.2. The van der Waals surface area contributed by atoms with Crippen LogP contribution in [-0.2, 0) is 9.59 Å². The minimum Gasteiger partial charge on any atom is -0.482 e. The summed E-state index contributed by atoms with van der Waals surface area (Å²) in [6.45, 7) is 0.673. The zero-order valence-electron chi connectivity index (χ0n) is 10.2. The Kier molecular flexibility index (Phi) is 2.77. The van der Waals surface area contributed by atoms with Crippen LogP contribution in [0.2, 0.25) is 0 Å². The second-order valence-electron chi connectivity index (χ2n) is 4.87. The maximum Gasteiger partial charge on any atom is 0.306 e. The third kappa shape index (κ3) is 2.47. The van der Waals surface area contributed by atoms with E-state index in [1.807, 2.05) is 6.07 Å². The molecule has 1 aromatic rings. The van der Waals surface area contributed by atoms with Crippen molar-refractivity contribution in [1.29, 1.82) is 0 Å². The van der Waals surface area contributed by atoms with Crippen LogP contribution in [0.3, 0.4) is 0 Å². The monoisotopic (exact) mass is 262 g/mol. The van der Waals surface area contributed by atoms with E-state index >= 15 is 0 Å². The molecule has 0 saturated heterocycles. The van der Waals surface area contributed by atoms with Crippen molar-refractivity contribution in [1.82, 2.24) is 0 Å².